The molecule has 4 N–H and O–H groups in total. The molecule has 3 aromatic rings. The fourth-order valence-corrected chi connectivity index (χ4v) is 4.84. The van der Waals surface area contributed by atoms with E-state index in [1.807, 2.05) is 24.3 Å². The summed E-state index contributed by atoms with van der Waals surface area (Å²) in [5.41, 5.74) is 1.11. The highest BCUT2D eigenvalue weighted by Crippen LogP contribution is 2.34. The molecule has 1 fully saturated rings. The van der Waals surface area contributed by atoms with E-state index in [4.69, 9.17) is 4.74 Å². The summed E-state index contributed by atoms with van der Waals surface area (Å²) in [7, 11) is 1.66. The molecule has 2 aromatic heterocycles. The van der Waals surface area contributed by atoms with E-state index in [0.29, 0.717) is 41.4 Å². The van der Waals surface area contributed by atoms with Crippen LogP contribution in [0.4, 0.5) is 11.8 Å². The monoisotopic (exact) mass is 429 g/mol. The number of ether oxygens (including phenoxy) is 1. The van der Waals surface area contributed by atoms with Gasteiger partial charge in [-0.3, -0.25) is 9.78 Å². The number of hydrogen-bond acceptors (Lipinski definition) is 8. The Bertz CT molecular complexity index is 1020. The van der Waals surface area contributed by atoms with Crippen LogP contribution in [0.15, 0.2) is 29.1 Å². The number of H-pyrrole nitrogens is 1. The average molecular weight is 430 g/mol. The molecular formula is C21H27N5O3S. The summed E-state index contributed by atoms with van der Waals surface area (Å²) in [5, 5.41) is 16.7. The number of methoxy groups -OCH3 is 1. The largest absolute Gasteiger partial charge is 0.396 e. The molecule has 1 aliphatic rings. The number of aliphatic hydroxyl groups excluding tert-OH is 1. The van der Waals surface area contributed by atoms with Gasteiger partial charge >= 0.3 is 0 Å². The first-order chi connectivity index (χ1) is 14.7. The maximum atomic E-state index is 13.0. The Hall–Kier alpha value is -2.49. The summed E-state index contributed by atoms with van der Waals surface area (Å²) >= 11 is 1.48. The lowest BCUT2D eigenvalue weighted by atomic mass is 10.1. The van der Waals surface area contributed by atoms with Gasteiger partial charge in [-0.1, -0.05) is 12.1 Å². The van der Waals surface area contributed by atoms with E-state index < -0.39 is 0 Å². The zero-order chi connectivity index (χ0) is 20.9. The number of nitrogens with zero attached hydrogens (tertiary/aromatic N) is 2. The molecule has 4 rings (SSSR count). The predicted molar refractivity (Wildman–Crippen MR) is 120 cm³/mol. The molecule has 0 radical (unpaired) electrons. The number of hydrogen-bond donors (Lipinski definition) is 4. The van der Waals surface area contributed by atoms with Gasteiger partial charge in [-0.2, -0.15) is 4.98 Å². The lowest BCUT2D eigenvalue weighted by molar-refractivity contribution is 0.197. The zero-order valence-electron chi connectivity index (χ0n) is 17.0. The molecule has 0 saturated heterocycles. The van der Waals surface area contributed by atoms with Crippen LogP contribution in [0.1, 0.15) is 25.7 Å². The van der Waals surface area contributed by atoms with Crippen molar-refractivity contribution < 1.29 is 9.84 Å². The van der Waals surface area contributed by atoms with Crippen LogP contribution in [0.2, 0.25) is 0 Å². The molecule has 1 aliphatic carbocycles. The molecule has 0 spiro atoms. The minimum atomic E-state index is -0.225. The van der Waals surface area contributed by atoms with Crippen LogP contribution in [0.5, 0.6) is 0 Å². The zero-order valence-corrected chi connectivity index (χ0v) is 17.8. The summed E-state index contributed by atoms with van der Waals surface area (Å²) in [6.07, 6.45) is 3.58. The smallest absolute Gasteiger partial charge is 0.264 e. The normalized spacial score (nSPS) is 18.7. The van der Waals surface area contributed by atoms with E-state index in [1.54, 1.807) is 7.11 Å². The summed E-state index contributed by atoms with van der Waals surface area (Å²) in [4.78, 5) is 25.2. The number of anilines is 2. The standard InChI is InChI=1S/C21H27N5O3S/c1-29-10-4-9-22-21-25-18(23-14-8-7-13(11-14)12-27)17(19(28)26-21)20-24-15-5-2-3-6-16(15)30-20/h2-3,5-6,13-14,27H,4,7-12H2,1H3,(H3,22,23,25,26,28). The molecule has 1 aromatic carbocycles. The van der Waals surface area contributed by atoms with Crippen LogP contribution in [-0.4, -0.2) is 53.0 Å². The van der Waals surface area contributed by atoms with Crippen LogP contribution in [0, 0.1) is 5.92 Å². The van der Waals surface area contributed by atoms with Crippen molar-refractivity contribution in [1.29, 1.82) is 0 Å². The second-order valence-electron chi connectivity index (χ2n) is 7.60. The van der Waals surface area contributed by atoms with Crippen LogP contribution in [-0.2, 0) is 4.74 Å². The van der Waals surface area contributed by atoms with Gasteiger partial charge in [-0.05, 0) is 43.7 Å². The first kappa shape index (κ1) is 20.8. The number of aromatic nitrogens is 3. The fraction of sp³-hybridized carbons (Fsp3) is 0.476. The van der Waals surface area contributed by atoms with Crippen molar-refractivity contribution in [3.63, 3.8) is 0 Å². The van der Waals surface area contributed by atoms with Crippen LogP contribution in [0.25, 0.3) is 20.8 Å². The first-order valence-corrected chi connectivity index (χ1v) is 11.1. The Morgan fingerprint density at radius 2 is 2.17 bits per heavy atom. The van der Waals surface area contributed by atoms with E-state index >= 15 is 0 Å². The van der Waals surface area contributed by atoms with Crippen molar-refractivity contribution in [3.05, 3.63) is 34.6 Å². The van der Waals surface area contributed by atoms with Gasteiger partial charge in [0.1, 0.15) is 16.4 Å². The minimum absolute atomic E-state index is 0.172. The van der Waals surface area contributed by atoms with Crippen molar-refractivity contribution in [1.82, 2.24) is 15.0 Å². The molecule has 0 bridgehead atoms. The number of benzene rings is 1. The van der Waals surface area contributed by atoms with Gasteiger partial charge < -0.3 is 20.5 Å². The van der Waals surface area contributed by atoms with Crippen LogP contribution >= 0.6 is 11.3 Å². The molecule has 9 heteroatoms. The highest BCUT2D eigenvalue weighted by Gasteiger charge is 2.26. The highest BCUT2D eigenvalue weighted by molar-refractivity contribution is 7.21. The predicted octanol–water partition coefficient (Wildman–Crippen LogP) is 3.07. The highest BCUT2D eigenvalue weighted by atomic mass is 32.1. The molecular weight excluding hydrogens is 402 g/mol. The van der Waals surface area contributed by atoms with Gasteiger partial charge in [0.05, 0.1) is 10.2 Å². The fourth-order valence-electron chi connectivity index (χ4n) is 3.83. The Balaban J connectivity index is 1.67. The average Bonchev–Trinajstić information content (AvgIpc) is 3.37. The minimum Gasteiger partial charge on any atom is -0.396 e. The topological polar surface area (TPSA) is 112 Å². The van der Waals surface area contributed by atoms with Gasteiger partial charge in [0.25, 0.3) is 5.56 Å². The second-order valence-corrected chi connectivity index (χ2v) is 8.63. The maximum Gasteiger partial charge on any atom is 0.264 e. The Kier molecular flexibility index (Phi) is 6.61. The summed E-state index contributed by atoms with van der Waals surface area (Å²) < 4.78 is 6.10. The van der Waals surface area contributed by atoms with Crippen LogP contribution in [0.3, 0.4) is 0 Å². The van der Waals surface area contributed by atoms with Gasteiger partial charge in [0.2, 0.25) is 5.95 Å². The number of rotatable bonds is 9. The molecule has 160 valence electrons. The summed E-state index contributed by atoms with van der Waals surface area (Å²) in [6.45, 7) is 1.47. The molecule has 2 atom stereocenters. The number of thiazole rings is 1. The number of aromatic amines is 1. The number of para-hydroxylation sites is 1. The molecule has 8 nitrogen and oxygen atoms in total. The van der Waals surface area contributed by atoms with Crippen molar-refractivity contribution in [2.75, 3.05) is 37.5 Å². The third-order valence-electron chi connectivity index (χ3n) is 5.39. The van der Waals surface area contributed by atoms with Gasteiger partial charge in [0.15, 0.2) is 0 Å². The molecule has 30 heavy (non-hydrogen) atoms. The Labute approximate surface area is 178 Å². The van der Waals surface area contributed by atoms with Crippen molar-refractivity contribution >= 4 is 33.3 Å². The SMILES string of the molecule is COCCCNc1nc(NC2CCC(CO)C2)c(-c2nc3ccccc3s2)c(=O)[nH]1. The van der Waals surface area contributed by atoms with E-state index in [2.05, 4.69) is 25.6 Å². The number of fused-ring (bicyclic) bond motifs is 1. The Morgan fingerprint density at radius 1 is 1.30 bits per heavy atom. The lowest BCUT2D eigenvalue weighted by Gasteiger charge is -2.17. The van der Waals surface area contributed by atoms with Crippen molar-refractivity contribution in [2.24, 2.45) is 5.92 Å². The van der Waals surface area contributed by atoms with Crippen molar-refractivity contribution in [3.8, 4) is 10.6 Å². The molecule has 1 saturated carbocycles. The van der Waals surface area contributed by atoms with Gasteiger partial charge in [-0.25, -0.2) is 4.98 Å². The third kappa shape index (κ3) is 4.63. The van der Waals surface area contributed by atoms with Crippen LogP contribution < -0.4 is 16.2 Å². The summed E-state index contributed by atoms with van der Waals surface area (Å²) in [5.74, 6) is 1.26. The number of aliphatic hydroxyl groups is 1. The maximum absolute atomic E-state index is 13.0. The third-order valence-corrected chi connectivity index (χ3v) is 6.44. The lowest BCUT2D eigenvalue weighted by Crippen LogP contribution is -2.23. The Morgan fingerprint density at radius 3 is 2.93 bits per heavy atom. The van der Waals surface area contributed by atoms with Gasteiger partial charge in [-0.15, -0.1) is 11.3 Å². The molecule has 0 amide bonds. The van der Waals surface area contributed by atoms with E-state index in [9.17, 15) is 9.90 Å². The quantitative estimate of drug-likeness (QED) is 0.387. The van der Waals surface area contributed by atoms with E-state index in [0.717, 1.165) is 35.9 Å². The van der Waals surface area contributed by atoms with Crippen molar-refractivity contribution in [2.45, 2.75) is 31.7 Å². The number of nitrogens with one attached hydrogen (secondary N) is 3. The van der Waals surface area contributed by atoms with Gasteiger partial charge in [0, 0.05) is 32.9 Å². The molecule has 2 unspecified atom stereocenters. The molecule has 0 aliphatic heterocycles. The summed E-state index contributed by atoms with van der Waals surface area (Å²) in [6, 6.07) is 8.02. The van der Waals surface area contributed by atoms with E-state index in [-0.39, 0.29) is 18.2 Å². The molecule has 2 heterocycles. The van der Waals surface area contributed by atoms with E-state index in [1.165, 1.54) is 11.3 Å². The first-order valence-electron chi connectivity index (χ1n) is 10.3. The second kappa shape index (κ2) is 9.55.